The van der Waals surface area contributed by atoms with Crippen LogP contribution in [0.25, 0.3) is 10.1 Å². The van der Waals surface area contributed by atoms with E-state index in [1.54, 1.807) is 0 Å². The number of thiophene rings is 2. The van der Waals surface area contributed by atoms with Crippen molar-refractivity contribution < 1.29 is 14.3 Å². The van der Waals surface area contributed by atoms with Crippen LogP contribution in [0.5, 0.6) is 0 Å². The number of carbonyl (C=O) groups excluding carboxylic acids is 2. The summed E-state index contributed by atoms with van der Waals surface area (Å²) in [5, 5.41) is 4.73. The Labute approximate surface area is 169 Å². The summed E-state index contributed by atoms with van der Waals surface area (Å²) in [4.78, 5) is 29.0. The van der Waals surface area contributed by atoms with Crippen molar-refractivity contribution in [3.8, 4) is 0 Å². The summed E-state index contributed by atoms with van der Waals surface area (Å²) in [6.07, 6.45) is 0.756. The zero-order chi connectivity index (χ0) is 19.1. The SMILES string of the molecule is COC(=O)c1c(NC(=O)c2sc3ccccc3c2Cl)sc2c1CCN(C)C2. The van der Waals surface area contributed by atoms with Gasteiger partial charge in [0.2, 0.25) is 0 Å². The third-order valence-electron chi connectivity index (χ3n) is 4.61. The first-order valence-corrected chi connectivity index (χ1v) is 10.4. The van der Waals surface area contributed by atoms with Gasteiger partial charge in [0.05, 0.1) is 17.7 Å². The van der Waals surface area contributed by atoms with Gasteiger partial charge < -0.3 is 15.0 Å². The molecule has 1 N–H and O–H groups in total. The Morgan fingerprint density at radius 2 is 2.04 bits per heavy atom. The van der Waals surface area contributed by atoms with Crippen molar-refractivity contribution in [1.82, 2.24) is 4.90 Å². The number of hydrogen-bond acceptors (Lipinski definition) is 6. The van der Waals surface area contributed by atoms with Crippen LogP contribution in [0, 0.1) is 0 Å². The minimum atomic E-state index is -0.421. The normalized spacial score (nSPS) is 14.2. The van der Waals surface area contributed by atoms with Crippen LogP contribution in [0.2, 0.25) is 5.02 Å². The topological polar surface area (TPSA) is 58.6 Å². The van der Waals surface area contributed by atoms with Crippen LogP contribution in [0.1, 0.15) is 30.5 Å². The number of nitrogens with zero attached hydrogens (tertiary/aromatic N) is 1. The molecule has 8 heteroatoms. The summed E-state index contributed by atoms with van der Waals surface area (Å²) in [6.45, 7) is 1.62. The number of ether oxygens (including phenoxy) is 1. The predicted molar refractivity (Wildman–Crippen MR) is 110 cm³/mol. The van der Waals surface area contributed by atoms with Gasteiger partial charge in [-0.2, -0.15) is 0 Å². The largest absolute Gasteiger partial charge is 0.465 e. The molecule has 0 radical (unpaired) electrons. The fourth-order valence-electron chi connectivity index (χ4n) is 3.26. The third kappa shape index (κ3) is 3.25. The van der Waals surface area contributed by atoms with E-state index in [1.807, 2.05) is 31.3 Å². The molecule has 1 aliphatic rings. The summed E-state index contributed by atoms with van der Waals surface area (Å²) < 4.78 is 5.92. The van der Waals surface area contributed by atoms with E-state index in [0.29, 0.717) is 20.5 Å². The number of benzene rings is 1. The van der Waals surface area contributed by atoms with Gasteiger partial charge in [-0.3, -0.25) is 4.79 Å². The fourth-order valence-corrected chi connectivity index (χ4v) is 5.98. The van der Waals surface area contributed by atoms with Gasteiger partial charge in [0.1, 0.15) is 9.88 Å². The third-order valence-corrected chi connectivity index (χ3v) is 7.41. The lowest BCUT2D eigenvalue weighted by molar-refractivity contribution is 0.0600. The second-order valence-electron chi connectivity index (χ2n) is 6.38. The molecule has 0 unspecified atom stereocenters. The molecule has 0 fully saturated rings. The lowest BCUT2D eigenvalue weighted by Gasteiger charge is -2.22. The van der Waals surface area contributed by atoms with E-state index < -0.39 is 5.97 Å². The second-order valence-corrected chi connectivity index (χ2v) is 8.92. The summed E-state index contributed by atoms with van der Waals surface area (Å²) >= 11 is 9.20. The predicted octanol–water partition coefficient (Wildman–Crippen LogP) is 4.64. The number of methoxy groups -OCH3 is 1. The van der Waals surface area contributed by atoms with Crippen molar-refractivity contribution in [3.63, 3.8) is 0 Å². The van der Waals surface area contributed by atoms with Crippen molar-refractivity contribution in [3.05, 3.63) is 50.2 Å². The van der Waals surface area contributed by atoms with Gasteiger partial charge in [-0.1, -0.05) is 29.8 Å². The molecule has 0 bridgehead atoms. The van der Waals surface area contributed by atoms with E-state index in [9.17, 15) is 9.59 Å². The molecule has 0 saturated carbocycles. The second kappa shape index (κ2) is 7.24. The molecule has 140 valence electrons. The number of hydrogen-bond donors (Lipinski definition) is 1. The zero-order valence-corrected chi connectivity index (χ0v) is 17.2. The Balaban J connectivity index is 1.72. The Hall–Kier alpha value is -1.93. The van der Waals surface area contributed by atoms with E-state index in [4.69, 9.17) is 16.3 Å². The molecule has 3 aromatic rings. The first-order chi connectivity index (χ1) is 13.0. The van der Waals surface area contributed by atoms with E-state index in [-0.39, 0.29) is 5.91 Å². The molecule has 2 aromatic heterocycles. The summed E-state index contributed by atoms with van der Waals surface area (Å²) in [5.41, 5.74) is 1.44. The minimum Gasteiger partial charge on any atom is -0.465 e. The number of amides is 1. The number of esters is 1. The van der Waals surface area contributed by atoms with Crippen LogP contribution in [0.15, 0.2) is 24.3 Å². The lowest BCUT2D eigenvalue weighted by atomic mass is 10.0. The molecule has 0 atom stereocenters. The molecular formula is C19H17ClN2O3S2. The molecule has 5 nitrogen and oxygen atoms in total. The van der Waals surface area contributed by atoms with E-state index >= 15 is 0 Å². The molecular weight excluding hydrogens is 404 g/mol. The maximum absolute atomic E-state index is 12.9. The highest BCUT2D eigenvalue weighted by Crippen LogP contribution is 2.39. The maximum Gasteiger partial charge on any atom is 0.341 e. The maximum atomic E-state index is 12.9. The number of likely N-dealkylation sites (N-methyl/N-ethyl adjacent to an activating group) is 1. The molecule has 4 rings (SSSR count). The zero-order valence-electron chi connectivity index (χ0n) is 14.8. The van der Waals surface area contributed by atoms with Crippen LogP contribution >= 0.6 is 34.3 Å². The number of anilines is 1. The van der Waals surface area contributed by atoms with Gasteiger partial charge in [0.25, 0.3) is 5.91 Å². The summed E-state index contributed by atoms with van der Waals surface area (Å²) in [6, 6.07) is 7.63. The average molecular weight is 421 g/mol. The summed E-state index contributed by atoms with van der Waals surface area (Å²) in [5.74, 6) is -0.729. The van der Waals surface area contributed by atoms with Gasteiger partial charge in [-0.05, 0) is 25.1 Å². The number of fused-ring (bicyclic) bond motifs is 2. The van der Waals surface area contributed by atoms with Crippen LogP contribution in [-0.2, 0) is 17.7 Å². The van der Waals surface area contributed by atoms with Crippen LogP contribution in [0.4, 0.5) is 5.00 Å². The Morgan fingerprint density at radius 1 is 1.26 bits per heavy atom. The Kier molecular flexibility index (Phi) is 4.94. The molecule has 27 heavy (non-hydrogen) atoms. The Morgan fingerprint density at radius 3 is 2.78 bits per heavy atom. The highest BCUT2D eigenvalue weighted by atomic mass is 35.5. The van der Waals surface area contributed by atoms with Gasteiger partial charge >= 0.3 is 5.97 Å². The molecule has 0 saturated heterocycles. The van der Waals surface area contributed by atoms with Crippen molar-refractivity contribution in [2.24, 2.45) is 0 Å². The van der Waals surface area contributed by atoms with Crippen LogP contribution < -0.4 is 5.32 Å². The van der Waals surface area contributed by atoms with Crippen LogP contribution in [-0.4, -0.2) is 37.5 Å². The van der Waals surface area contributed by atoms with Crippen molar-refractivity contribution in [2.75, 3.05) is 26.0 Å². The number of rotatable bonds is 3. The van der Waals surface area contributed by atoms with Crippen molar-refractivity contribution in [1.29, 1.82) is 0 Å². The van der Waals surface area contributed by atoms with E-state index in [1.165, 1.54) is 29.8 Å². The quantitative estimate of drug-likeness (QED) is 0.627. The van der Waals surface area contributed by atoms with Crippen molar-refractivity contribution in [2.45, 2.75) is 13.0 Å². The average Bonchev–Trinajstić information content (AvgIpc) is 3.18. The van der Waals surface area contributed by atoms with E-state index in [2.05, 4.69) is 10.2 Å². The molecule has 3 heterocycles. The highest BCUT2D eigenvalue weighted by molar-refractivity contribution is 7.22. The first kappa shape index (κ1) is 18.4. The lowest BCUT2D eigenvalue weighted by Crippen LogP contribution is -2.26. The minimum absolute atomic E-state index is 0.307. The molecule has 1 aliphatic heterocycles. The van der Waals surface area contributed by atoms with Gasteiger partial charge in [-0.15, -0.1) is 22.7 Å². The summed E-state index contributed by atoms with van der Waals surface area (Å²) in [7, 11) is 3.39. The monoisotopic (exact) mass is 420 g/mol. The fraction of sp³-hybridized carbons (Fsp3) is 0.263. The van der Waals surface area contributed by atoms with Crippen LogP contribution in [0.3, 0.4) is 0 Å². The smallest absolute Gasteiger partial charge is 0.341 e. The van der Waals surface area contributed by atoms with Crippen molar-refractivity contribution >= 4 is 61.2 Å². The number of carbonyl (C=O) groups is 2. The molecule has 1 amide bonds. The number of nitrogens with one attached hydrogen (secondary N) is 1. The van der Waals surface area contributed by atoms with Gasteiger partial charge in [0, 0.05) is 28.1 Å². The molecule has 0 aliphatic carbocycles. The molecule has 0 spiro atoms. The number of halogens is 1. The first-order valence-electron chi connectivity index (χ1n) is 8.39. The Bertz CT molecular complexity index is 1060. The highest BCUT2D eigenvalue weighted by Gasteiger charge is 2.29. The van der Waals surface area contributed by atoms with Gasteiger partial charge in [0.15, 0.2) is 0 Å². The van der Waals surface area contributed by atoms with Gasteiger partial charge in [-0.25, -0.2) is 4.79 Å². The molecule has 1 aromatic carbocycles. The van der Waals surface area contributed by atoms with E-state index in [0.717, 1.165) is 40.0 Å². The standard InChI is InChI=1S/C19H17ClN2O3S2/c1-22-8-7-10-13(9-22)27-18(14(10)19(24)25-2)21-17(23)16-15(20)11-5-3-4-6-12(11)26-16/h3-6H,7-9H2,1-2H3,(H,21,23).